The van der Waals surface area contributed by atoms with Crippen LogP contribution in [-0.2, 0) is 9.53 Å². The van der Waals surface area contributed by atoms with Gasteiger partial charge in [0.2, 0.25) is 0 Å². The first-order chi connectivity index (χ1) is 7.67. The van der Waals surface area contributed by atoms with Crippen LogP contribution in [0.5, 0.6) is 0 Å². The third-order valence-corrected chi connectivity index (χ3v) is 1.97. The average molecular weight is 243 g/mol. The second-order valence-corrected chi connectivity index (χ2v) is 4.88. The zero-order valence-corrected chi connectivity index (χ0v) is 10.9. The Morgan fingerprint density at radius 1 is 1.47 bits per heavy atom. The lowest BCUT2D eigenvalue weighted by Crippen LogP contribution is -2.44. The van der Waals surface area contributed by atoms with Crippen LogP contribution in [-0.4, -0.2) is 40.3 Å². The van der Waals surface area contributed by atoms with E-state index >= 15 is 0 Å². The first kappa shape index (κ1) is 15.5. The number of carboxylic acid groups (broad SMARTS) is 1. The number of carboxylic acids is 1. The highest BCUT2D eigenvalue weighted by atomic mass is 16.6. The molecule has 0 aromatic rings. The fourth-order valence-electron chi connectivity index (χ4n) is 1.24. The highest BCUT2D eigenvalue weighted by Gasteiger charge is 2.26. The van der Waals surface area contributed by atoms with Crippen molar-refractivity contribution in [1.29, 1.82) is 0 Å². The summed E-state index contributed by atoms with van der Waals surface area (Å²) < 4.78 is 5.16. The van der Waals surface area contributed by atoms with E-state index < -0.39 is 17.7 Å². The number of hydrogen-bond donors (Lipinski definition) is 1. The molecular formula is C12H21NO4. The van der Waals surface area contributed by atoms with Crippen molar-refractivity contribution in [2.75, 3.05) is 6.54 Å². The topological polar surface area (TPSA) is 66.8 Å². The maximum absolute atomic E-state index is 11.8. The van der Waals surface area contributed by atoms with E-state index in [1.54, 1.807) is 33.8 Å². The monoisotopic (exact) mass is 243 g/mol. The fraction of sp³-hybridized carbons (Fsp3) is 0.667. The van der Waals surface area contributed by atoms with Crippen LogP contribution in [0.15, 0.2) is 12.7 Å². The number of carbonyl (C=O) groups excluding carboxylic acids is 1. The molecule has 0 fully saturated rings. The molecule has 0 saturated carbocycles. The lowest BCUT2D eigenvalue weighted by atomic mass is 10.2. The van der Waals surface area contributed by atoms with E-state index in [9.17, 15) is 9.59 Å². The van der Waals surface area contributed by atoms with Crippen LogP contribution in [0.1, 0.15) is 34.1 Å². The van der Waals surface area contributed by atoms with Crippen LogP contribution in [0.2, 0.25) is 0 Å². The van der Waals surface area contributed by atoms with E-state index in [2.05, 4.69) is 6.58 Å². The molecule has 1 N–H and O–H groups in total. The molecule has 0 aromatic carbocycles. The molecule has 0 aromatic heterocycles. The van der Waals surface area contributed by atoms with E-state index in [1.807, 2.05) is 0 Å². The average Bonchev–Trinajstić information content (AvgIpc) is 2.11. The molecule has 5 nitrogen and oxygen atoms in total. The summed E-state index contributed by atoms with van der Waals surface area (Å²) >= 11 is 0. The van der Waals surface area contributed by atoms with Gasteiger partial charge in [0.05, 0.1) is 0 Å². The number of hydrogen-bond acceptors (Lipinski definition) is 3. The lowest BCUT2D eigenvalue weighted by molar-refractivity contribution is -0.138. The molecule has 98 valence electrons. The first-order valence-corrected chi connectivity index (χ1v) is 5.49. The van der Waals surface area contributed by atoms with Gasteiger partial charge in [-0.2, -0.15) is 0 Å². The van der Waals surface area contributed by atoms with Gasteiger partial charge < -0.3 is 9.84 Å². The number of amides is 1. The lowest BCUT2D eigenvalue weighted by Gasteiger charge is -2.30. The van der Waals surface area contributed by atoms with Gasteiger partial charge in [-0.15, -0.1) is 6.58 Å². The van der Waals surface area contributed by atoms with E-state index in [0.717, 1.165) is 0 Å². The van der Waals surface area contributed by atoms with Gasteiger partial charge >= 0.3 is 12.1 Å². The van der Waals surface area contributed by atoms with Crippen LogP contribution in [0.3, 0.4) is 0 Å². The number of ether oxygens (including phenoxy) is 1. The van der Waals surface area contributed by atoms with Gasteiger partial charge in [0.25, 0.3) is 0 Å². The van der Waals surface area contributed by atoms with Gasteiger partial charge in [0.15, 0.2) is 0 Å². The normalized spacial score (nSPS) is 12.7. The Morgan fingerprint density at radius 2 is 2.00 bits per heavy atom. The molecule has 0 bridgehead atoms. The summed E-state index contributed by atoms with van der Waals surface area (Å²) in [4.78, 5) is 23.7. The second-order valence-electron chi connectivity index (χ2n) is 4.88. The van der Waals surface area contributed by atoms with Gasteiger partial charge in [-0.3, -0.25) is 9.69 Å². The van der Waals surface area contributed by atoms with Crippen molar-refractivity contribution in [3.05, 3.63) is 12.7 Å². The number of nitrogens with zero attached hydrogens (tertiary/aromatic N) is 1. The van der Waals surface area contributed by atoms with Crippen molar-refractivity contribution in [3.8, 4) is 0 Å². The Bertz CT molecular complexity index is 293. The Hall–Kier alpha value is -1.52. The highest BCUT2D eigenvalue weighted by Crippen LogP contribution is 2.13. The van der Waals surface area contributed by atoms with Crippen LogP contribution >= 0.6 is 0 Å². The van der Waals surface area contributed by atoms with Crippen LogP contribution < -0.4 is 0 Å². The van der Waals surface area contributed by atoms with Gasteiger partial charge in [-0.1, -0.05) is 6.08 Å². The van der Waals surface area contributed by atoms with Crippen molar-refractivity contribution in [3.63, 3.8) is 0 Å². The maximum Gasteiger partial charge on any atom is 0.411 e. The van der Waals surface area contributed by atoms with E-state index in [-0.39, 0.29) is 12.6 Å². The molecule has 0 heterocycles. The molecule has 1 amide bonds. The molecule has 1 unspecified atom stereocenters. The Morgan fingerprint density at radius 3 is 2.35 bits per heavy atom. The summed E-state index contributed by atoms with van der Waals surface area (Å²) in [6.45, 7) is 10.2. The third kappa shape index (κ3) is 6.60. The number of rotatable bonds is 5. The largest absolute Gasteiger partial charge is 0.480 e. The molecule has 17 heavy (non-hydrogen) atoms. The predicted octanol–water partition coefficient (Wildman–Crippen LogP) is 2.27. The summed E-state index contributed by atoms with van der Waals surface area (Å²) in [5, 5.41) is 8.77. The first-order valence-electron chi connectivity index (χ1n) is 5.49. The predicted molar refractivity (Wildman–Crippen MR) is 64.9 cm³/mol. The maximum atomic E-state index is 11.8. The molecule has 0 saturated heterocycles. The minimum absolute atomic E-state index is 0.251. The highest BCUT2D eigenvalue weighted by molar-refractivity contribution is 5.77. The zero-order valence-electron chi connectivity index (χ0n) is 10.9. The van der Waals surface area contributed by atoms with Crippen molar-refractivity contribution in [1.82, 2.24) is 4.90 Å². The number of aliphatic carboxylic acids is 1. The van der Waals surface area contributed by atoms with Crippen LogP contribution in [0.4, 0.5) is 4.79 Å². The third-order valence-electron chi connectivity index (χ3n) is 1.97. The van der Waals surface area contributed by atoms with Gasteiger partial charge in [-0.25, -0.2) is 4.79 Å². The summed E-state index contributed by atoms with van der Waals surface area (Å²) in [6.07, 6.45) is 1.55. The van der Waals surface area contributed by atoms with Crippen molar-refractivity contribution < 1.29 is 19.4 Å². The summed E-state index contributed by atoms with van der Waals surface area (Å²) in [6, 6.07) is -0.251. The summed E-state index contributed by atoms with van der Waals surface area (Å²) in [7, 11) is 0. The SMILES string of the molecule is C=CCC(C)N(CC(=O)O)C(=O)OC(C)(C)C. The molecule has 5 heteroatoms. The summed E-state index contributed by atoms with van der Waals surface area (Å²) in [5.74, 6) is -1.06. The molecule has 0 aliphatic rings. The summed E-state index contributed by atoms with van der Waals surface area (Å²) in [5.41, 5.74) is -0.637. The smallest absolute Gasteiger partial charge is 0.411 e. The standard InChI is InChI=1S/C12H21NO4/c1-6-7-9(2)13(8-10(14)15)11(16)17-12(3,4)5/h6,9H,1,7-8H2,2-5H3,(H,14,15). The minimum atomic E-state index is -1.06. The molecule has 1 atom stereocenters. The fourth-order valence-corrected chi connectivity index (χ4v) is 1.24. The quantitative estimate of drug-likeness (QED) is 0.752. The van der Waals surface area contributed by atoms with E-state index in [0.29, 0.717) is 6.42 Å². The zero-order chi connectivity index (χ0) is 13.6. The van der Waals surface area contributed by atoms with E-state index in [4.69, 9.17) is 9.84 Å². The second kappa shape index (κ2) is 6.27. The molecule has 0 aliphatic carbocycles. The Labute approximate surface area is 102 Å². The minimum Gasteiger partial charge on any atom is -0.480 e. The van der Waals surface area contributed by atoms with Gasteiger partial charge in [-0.05, 0) is 34.1 Å². The molecule has 0 aliphatic heterocycles. The van der Waals surface area contributed by atoms with E-state index in [1.165, 1.54) is 4.90 Å². The number of carbonyl (C=O) groups is 2. The molecule has 0 radical (unpaired) electrons. The van der Waals surface area contributed by atoms with Gasteiger partial charge in [0, 0.05) is 6.04 Å². The van der Waals surface area contributed by atoms with Crippen molar-refractivity contribution >= 4 is 12.1 Å². The van der Waals surface area contributed by atoms with Gasteiger partial charge in [0.1, 0.15) is 12.1 Å². The molecular weight excluding hydrogens is 222 g/mol. The van der Waals surface area contributed by atoms with Crippen LogP contribution in [0.25, 0.3) is 0 Å². The Kier molecular flexibility index (Phi) is 5.71. The van der Waals surface area contributed by atoms with Crippen LogP contribution in [0, 0.1) is 0 Å². The van der Waals surface area contributed by atoms with Crippen molar-refractivity contribution in [2.45, 2.75) is 45.8 Å². The molecule has 0 rings (SSSR count). The molecule has 0 spiro atoms. The Balaban J connectivity index is 4.72. The van der Waals surface area contributed by atoms with Crippen molar-refractivity contribution in [2.24, 2.45) is 0 Å².